The van der Waals surface area contributed by atoms with E-state index in [4.69, 9.17) is 23.2 Å². The maximum Gasteiger partial charge on any atom is 0.166 e. The molecule has 0 spiro atoms. The van der Waals surface area contributed by atoms with E-state index in [1.54, 1.807) is 6.07 Å². The summed E-state index contributed by atoms with van der Waals surface area (Å²) in [5.41, 5.74) is 0.0666. The predicted octanol–water partition coefficient (Wildman–Crippen LogP) is 3.88. The Morgan fingerprint density at radius 3 is 3.09 bits per heavy atom. The maximum absolute atomic E-state index is 8.05. The van der Waals surface area contributed by atoms with Crippen molar-refractivity contribution in [3.8, 4) is 11.5 Å². The first kappa shape index (κ1) is 7.57. The zero-order valence-electron chi connectivity index (χ0n) is 22.1. The van der Waals surface area contributed by atoms with Gasteiger partial charge in [-0.25, -0.2) is 4.98 Å². The van der Waals surface area contributed by atoms with Gasteiger partial charge < -0.3 is 14.5 Å². The largest absolute Gasteiger partial charge is 0.497 e. The van der Waals surface area contributed by atoms with Crippen molar-refractivity contribution in [2.75, 3.05) is 14.1 Å². The standard InChI is InChI=1S/C17H19N3O2S/c1-10-8-18-15(11(2)16(10)22-4)9-23-17-19-13-6-5-12(21-3)7-14(13)20-17/h5-8H,9H2,1-4H3,(H,19,20)/i1D3,2D3,3D3,8D. The van der Waals surface area contributed by atoms with Crippen LogP contribution in [0, 0.1) is 13.7 Å². The first-order chi connectivity index (χ1) is 15.1. The van der Waals surface area contributed by atoms with Crippen LogP contribution in [0.3, 0.4) is 0 Å². The Kier molecular flexibility index (Phi) is 2.14. The summed E-state index contributed by atoms with van der Waals surface area (Å²) < 4.78 is 86.1. The number of hydrogen-bond donors (Lipinski definition) is 1. The average molecular weight is 339 g/mol. The summed E-state index contributed by atoms with van der Waals surface area (Å²) in [4.78, 5) is 11.3. The second kappa shape index (κ2) is 6.50. The van der Waals surface area contributed by atoms with Crippen molar-refractivity contribution in [2.24, 2.45) is 0 Å². The highest BCUT2D eigenvalue weighted by Crippen LogP contribution is 2.29. The van der Waals surface area contributed by atoms with E-state index in [1.165, 1.54) is 12.1 Å². The van der Waals surface area contributed by atoms with Crippen molar-refractivity contribution in [1.29, 1.82) is 0 Å². The third kappa shape index (κ3) is 3.12. The monoisotopic (exact) mass is 339 g/mol. The van der Waals surface area contributed by atoms with Crippen LogP contribution in [0.4, 0.5) is 0 Å². The summed E-state index contributed by atoms with van der Waals surface area (Å²) in [5.74, 6) is -0.335. The molecule has 0 bridgehead atoms. The zero-order valence-corrected chi connectivity index (χ0v) is 12.9. The molecule has 5 nitrogen and oxygen atoms in total. The van der Waals surface area contributed by atoms with Crippen molar-refractivity contribution in [3.63, 3.8) is 0 Å². The number of H-pyrrole nitrogens is 1. The van der Waals surface area contributed by atoms with Crippen LogP contribution >= 0.6 is 11.8 Å². The number of ether oxygens (including phenoxy) is 2. The number of fused-ring (bicyclic) bond motifs is 1. The first-order valence-electron chi connectivity index (χ1n) is 11.5. The van der Waals surface area contributed by atoms with Crippen LogP contribution in [-0.4, -0.2) is 29.1 Å². The van der Waals surface area contributed by atoms with Crippen LogP contribution < -0.4 is 9.47 Å². The molecule has 0 amide bonds. The molecule has 0 radical (unpaired) electrons. The molecule has 0 fully saturated rings. The Bertz CT molecular complexity index is 1170. The fourth-order valence-corrected chi connectivity index (χ4v) is 2.85. The van der Waals surface area contributed by atoms with Gasteiger partial charge in [0, 0.05) is 37.3 Å². The van der Waals surface area contributed by atoms with Gasteiger partial charge in [-0.2, -0.15) is 0 Å². The molecule has 1 aromatic carbocycles. The van der Waals surface area contributed by atoms with Gasteiger partial charge in [0.1, 0.15) is 11.5 Å². The van der Waals surface area contributed by atoms with E-state index >= 15 is 0 Å². The number of methoxy groups -OCH3 is 2. The van der Waals surface area contributed by atoms with Gasteiger partial charge in [-0.1, -0.05) is 11.8 Å². The summed E-state index contributed by atoms with van der Waals surface area (Å²) in [5, 5.41) is 0.375. The van der Waals surface area contributed by atoms with Crippen LogP contribution in [0.5, 0.6) is 11.5 Å². The molecule has 3 aromatic rings. The van der Waals surface area contributed by atoms with E-state index in [1.807, 2.05) is 0 Å². The summed E-state index contributed by atoms with van der Waals surface area (Å²) >= 11 is 1.08. The number of benzene rings is 1. The molecule has 120 valence electrons. The second-order valence-corrected chi connectivity index (χ2v) is 5.53. The van der Waals surface area contributed by atoms with E-state index in [0.717, 1.165) is 18.9 Å². The average Bonchev–Trinajstić information content (AvgIpc) is 3.04. The minimum absolute atomic E-state index is 0.0262. The Balaban J connectivity index is 1.97. The molecular formula is C17H19N3O2S. The number of nitrogens with zero attached hydrogens (tertiary/aromatic N) is 2. The SMILES string of the molecule is [2H]c1nc(CSc2nc3cc(OC([2H])([2H])[2H])ccc3[nH]2)c(C([2H])([2H])[2H])c(OC)c1C([2H])([2H])[2H]. The van der Waals surface area contributed by atoms with E-state index in [-0.39, 0.29) is 22.8 Å². The molecule has 1 N–H and O–H groups in total. The number of thioether (sulfide) groups is 1. The molecule has 0 aliphatic heterocycles. The fraction of sp³-hybridized carbons (Fsp3) is 0.294. The maximum atomic E-state index is 8.05. The molecule has 23 heavy (non-hydrogen) atoms. The van der Waals surface area contributed by atoms with Gasteiger partial charge in [-0.15, -0.1) is 0 Å². The fourth-order valence-electron chi connectivity index (χ4n) is 2.03. The number of pyridine rings is 1. The molecule has 0 aliphatic rings. The highest BCUT2D eigenvalue weighted by Gasteiger charge is 2.11. The van der Waals surface area contributed by atoms with E-state index in [0.29, 0.717) is 16.2 Å². The van der Waals surface area contributed by atoms with Gasteiger partial charge in [-0.3, -0.25) is 4.98 Å². The van der Waals surface area contributed by atoms with Gasteiger partial charge in [0.05, 0.1) is 36.4 Å². The van der Waals surface area contributed by atoms with E-state index in [2.05, 4.69) is 15.0 Å². The van der Waals surface area contributed by atoms with Gasteiger partial charge >= 0.3 is 0 Å². The van der Waals surface area contributed by atoms with Crippen LogP contribution in [-0.2, 0) is 5.75 Å². The van der Waals surface area contributed by atoms with Crippen molar-refractivity contribution >= 4 is 22.8 Å². The number of aromatic amines is 1. The number of aromatic nitrogens is 3. The molecule has 0 saturated carbocycles. The molecule has 2 aromatic heterocycles. The summed E-state index contributed by atoms with van der Waals surface area (Å²) in [7, 11) is -1.46. The van der Waals surface area contributed by atoms with Crippen molar-refractivity contribution in [2.45, 2.75) is 24.6 Å². The number of rotatable bonds is 5. The predicted molar refractivity (Wildman–Crippen MR) is 92.5 cm³/mol. The minimum atomic E-state index is -2.78. The Labute approximate surface area is 153 Å². The summed E-state index contributed by atoms with van der Waals surface area (Å²) in [6.07, 6.45) is -0.591. The summed E-state index contributed by atoms with van der Waals surface area (Å²) in [6, 6.07) is 4.51. The zero-order chi connectivity index (χ0) is 24.8. The lowest BCUT2D eigenvalue weighted by Crippen LogP contribution is -1.98. The lowest BCUT2D eigenvalue weighted by atomic mass is 10.1. The molecule has 0 saturated heterocycles. The molecule has 3 rings (SSSR count). The smallest absolute Gasteiger partial charge is 0.166 e. The molecule has 0 atom stereocenters. The molecule has 2 heterocycles. The lowest BCUT2D eigenvalue weighted by Gasteiger charge is -2.11. The van der Waals surface area contributed by atoms with Crippen LogP contribution in [0.25, 0.3) is 11.0 Å². The highest BCUT2D eigenvalue weighted by molar-refractivity contribution is 7.98. The van der Waals surface area contributed by atoms with Crippen LogP contribution in [0.2, 0.25) is 0 Å². The van der Waals surface area contributed by atoms with Crippen LogP contribution in [0.1, 0.15) is 30.5 Å². The number of imidazole rings is 1. The van der Waals surface area contributed by atoms with Gasteiger partial charge in [-0.05, 0) is 25.8 Å². The highest BCUT2D eigenvalue weighted by atomic mass is 32.2. The number of nitrogens with one attached hydrogen (secondary N) is 1. The minimum Gasteiger partial charge on any atom is -0.497 e. The van der Waals surface area contributed by atoms with Crippen molar-refractivity contribution in [3.05, 3.63) is 41.2 Å². The van der Waals surface area contributed by atoms with E-state index in [9.17, 15) is 0 Å². The molecule has 0 unspecified atom stereocenters. The van der Waals surface area contributed by atoms with E-state index < -0.39 is 38.2 Å². The van der Waals surface area contributed by atoms with Crippen molar-refractivity contribution in [1.82, 2.24) is 15.0 Å². The molecule has 6 heteroatoms. The van der Waals surface area contributed by atoms with Gasteiger partial charge in [0.15, 0.2) is 5.16 Å². The van der Waals surface area contributed by atoms with Crippen molar-refractivity contribution < 1.29 is 23.2 Å². The Morgan fingerprint density at radius 1 is 1.35 bits per heavy atom. The number of hydrogen-bond acceptors (Lipinski definition) is 5. The first-order valence-corrected chi connectivity index (χ1v) is 7.49. The van der Waals surface area contributed by atoms with Gasteiger partial charge in [0.25, 0.3) is 0 Å². The van der Waals surface area contributed by atoms with Crippen LogP contribution in [0.15, 0.2) is 29.5 Å². The lowest BCUT2D eigenvalue weighted by molar-refractivity contribution is 0.407. The molecular weight excluding hydrogens is 310 g/mol. The molecule has 0 aliphatic carbocycles. The summed E-state index contributed by atoms with van der Waals surface area (Å²) in [6.45, 7) is -5.52. The third-order valence-corrected chi connectivity index (χ3v) is 4.03. The third-order valence-electron chi connectivity index (χ3n) is 3.15. The normalized spacial score (nSPS) is 19.0. The Morgan fingerprint density at radius 2 is 2.30 bits per heavy atom. The van der Waals surface area contributed by atoms with Gasteiger partial charge in [0.2, 0.25) is 0 Å². The Hall–Kier alpha value is -2.21. The second-order valence-electron chi connectivity index (χ2n) is 4.57. The topological polar surface area (TPSA) is 60.0 Å². The quantitative estimate of drug-likeness (QED) is 0.715.